The Hall–Kier alpha value is -1.65. The lowest BCUT2D eigenvalue weighted by Gasteiger charge is -2.24. The van der Waals surface area contributed by atoms with Gasteiger partial charge in [-0.3, -0.25) is 0 Å². The monoisotopic (exact) mass is 277 g/mol. The number of furan rings is 1. The fourth-order valence-corrected chi connectivity index (χ4v) is 2.21. The maximum Gasteiger partial charge on any atom is 0.123 e. The summed E-state index contributed by atoms with van der Waals surface area (Å²) in [5.74, 6) is 1.46. The maximum absolute atomic E-state index is 12.9. The minimum absolute atomic E-state index is 0.304. The van der Waals surface area contributed by atoms with E-state index in [-0.39, 0.29) is 5.82 Å². The van der Waals surface area contributed by atoms with Crippen LogP contribution in [0.25, 0.3) is 0 Å². The quantitative estimate of drug-likeness (QED) is 0.883. The second-order valence-corrected chi connectivity index (χ2v) is 5.32. The molecule has 1 unspecified atom stereocenters. The summed E-state index contributed by atoms with van der Waals surface area (Å²) < 4.78 is 18.3. The number of aliphatic hydroxyl groups is 1. The predicted molar refractivity (Wildman–Crippen MR) is 75.9 cm³/mol. The molecule has 0 saturated carbocycles. The molecule has 0 aliphatic heterocycles. The lowest BCUT2D eigenvalue weighted by Crippen LogP contribution is -2.35. The molecule has 0 radical (unpaired) electrons. The van der Waals surface area contributed by atoms with Crippen LogP contribution in [0, 0.1) is 19.7 Å². The molecule has 0 aliphatic carbocycles. The number of benzene rings is 1. The third-order valence-corrected chi connectivity index (χ3v) is 3.39. The second kappa shape index (κ2) is 5.77. The first-order valence-electron chi connectivity index (χ1n) is 6.63. The molecular weight excluding hydrogens is 257 g/mol. The van der Waals surface area contributed by atoms with Gasteiger partial charge in [0.25, 0.3) is 0 Å². The molecule has 20 heavy (non-hydrogen) atoms. The first-order valence-corrected chi connectivity index (χ1v) is 6.63. The van der Waals surface area contributed by atoms with Crippen LogP contribution in [-0.4, -0.2) is 11.7 Å². The molecule has 0 spiro atoms. The Morgan fingerprint density at radius 3 is 2.45 bits per heavy atom. The van der Waals surface area contributed by atoms with Gasteiger partial charge in [-0.25, -0.2) is 4.39 Å². The molecule has 2 aromatic rings. The van der Waals surface area contributed by atoms with Crippen molar-refractivity contribution in [2.24, 2.45) is 0 Å². The van der Waals surface area contributed by atoms with Crippen molar-refractivity contribution in [1.29, 1.82) is 0 Å². The van der Waals surface area contributed by atoms with Gasteiger partial charge in [-0.05, 0) is 44.5 Å². The van der Waals surface area contributed by atoms with Gasteiger partial charge in [0.2, 0.25) is 0 Å². The van der Waals surface area contributed by atoms with Crippen molar-refractivity contribution < 1.29 is 13.9 Å². The minimum atomic E-state index is -1.04. The standard InChI is InChI=1S/C16H20FNO2/c1-11-8-13(12(2)20-11)9-18-10-16(3,19)14-4-6-15(17)7-5-14/h4-8,18-19H,9-10H2,1-3H3. The summed E-state index contributed by atoms with van der Waals surface area (Å²) in [5, 5.41) is 13.6. The van der Waals surface area contributed by atoms with E-state index in [4.69, 9.17) is 4.42 Å². The molecule has 1 atom stereocenters. The van der Waals surface area contributed by atoms with Gasteiger partial charge >= 0.3 is 0 Å². The summed E-state index contributed by atoms with van der Waals surface area (Å²) in [5.41, 5.74) is 0.726. The SMILES string of the molecule is Cc1cc(CNCC(C)(O)c2ccc(F)cc2)c(C)o1. The molecule has 0 bridgehead atoms. The Balaban J connectivity index is 1.95. The summed E-state index contributed by atoms with van der Waals surface area (Å²) >= 11 is 0. The molecule has 4 heteroatoms. The molecular formula is C16H20FNO2. The van der Waals surface area contributed by atoms with Crippen molar-refractivity contribution in [3.8, 4) is 0 Å². The van der Waals surface area contributed by atoms with Crippen LogP contribution in [0.3, 0.4) is 0 Å². The molecule has 3 nitrogen and oxygen atoms in total. The van der Waals surface area contributed by atoms with Crippen molar-refractivity contribution in [3.63, 3.8) is 0 Å². The number of hydrogen-bond acceptors (Lipinski definition) is 3. The lowest BCUT2D eigenvalue weighted by atomic mass is 9.96. The van der Waals surface area contributed by atoms with Gasteiger partial charge < -0.3 is 14.8 Å². The van der Waals surface area contributed by atoms with Crippen molar-refractivity contribution in [1.82, 2.24) is 5.32 Å². The average Bonchev–Trinajstić information content (AvgIpc) is 2.68. The van der Waals surface area contributed by atoms with E-state index in [9.17, 15) is 9.50 Å². The summed E-state index contributed by atoms with van der Waals surface area (Å²) in [7, 11) is 0. The maximum atomic E-state index is 12.9. The first kappa shape index (κ1) is 14.8. The minimum Gasteiger partial charge on any atom is -0.466 e. The highest BCUT2D eigenvalue weighted by atomic mass is 19.1. The van der Waals surface area contributed by atoms with Crippen LogP contribution in [-0.2, 0) is 12.1 Å². The summed E-state index contributed by atoms with van der Waals surface area (Å²) in [4.78, 5) is 0. The summed E-state index contributed by atoms with van der Waals surface area (Å²) in [6.07, 6.45) is 0. The number of nitrogens with one attached hydrogen (secondary N) is 1. The average molecular weight is 277 g/mol. The van der Waals surface area contributed by atoms with E-state index in [1.807, 2.05) is 19.9 Å². The third-order valence-electron chi connectivity index (χ3n) is 3.39. The molecule has 2 N–H and O–H groups in total. The number of hydrogen-bond donors (Lipinski definition) is 2. The second-order valence-electron chi connectivity index (χ2n) is 5.32. The molecule has 1 aromatic carbocycles. The zero-order chi connectivity index (χ0) is 14.8. The zero-order valence-corrected chi connectivity index (χ0v) is 12.0. The Bertz CT molecular complexity index is 573. The zero-order valence-electron chi connectivity index (χ0n) is 12.0. The van der Waals surface area contributed by atoms with Crippen molar-refractivity contribution in [2.75, 3.05) is 6.54 Å². The number of aryl methyl sites for hydroxylation is 2. The predicted octanol–water partition coefficient (Wildman–Crippen LogP) is 3.03. The van der Waals surface area contributed by atoms with Crippen molar-refractivity contribution >= 4 is 0 Å². The topological polar surface area (TPSA) is 45.4 Å². The van der Waals surface area contributed by atoms with Crippen molar-refractivity contribution in [2.45, 2.75) is 32.9 Å². The number of rotatable bonds is 5. The van der Waals surface area contributed by atoms with E-state index in [2.05, 4.69) is 5.32 Å². The largest absolute Gasteiger partial charge is 0.466 e. The van der Waals surface area contributed by atoms with Crippen LogP contribution >= 0.6 is 0 Å². The number of halogens is 1. The smallest absolute Gasteiger partial charge is 0.123 e. The van der Waals surface area contributed by atoms with Crippen LogP contribution in [0.4, 0.5) is 4.39 Å². The Morgan fingerprint density at radius 1 is 1.25 bits per heavy atom. The molecule has 0 aliphatic rings. The third kappa shape index (κ3) is 3.46. The Morgan fingerprint density at radius 2 is 1.90 bits per heavy atom. The molecule has 2 rings (SSSR count). The van der Waals surface area contributed by atoms with E-state index in [1.165, 1.54) is 12.1 Å². The fourth-order valence-electron chi connectivity index (χ4n) is 2.21. The molecule has 0 fully saturated rings. The fraction of sp³-hybridized carbons (Fsp3) is 0.375. The first-order chi connectivity index (χ1) is 9.38. The highest BCUT2D eigenvalue weighted by Gasteiger charge is 2.22. The van der Waals surface area contributed by atoms with Crippen LogP contribution in [0.1, 0.15) is 29.6 Å². The summed E-state index contributed by atoms with van der Waals surface area (Å²) in [6.45, 7) is 6.54. The molecule has 1 aromatic heterocycles. The van der Waals surface area contributed by atoms with E-state index < -0.39 is 5.60 Å². The van der Waals surface area contributed by atoms with E-state index in [0.717, 1.165) is 17.1 Å². The van der Waals surface area contributed by atoms with Crippen molar-refractivity contribution in [3.05, 3.63) is 58.8 Å². The lowest BCUT2D eigenvalue weighted by molar-refractivity contribution is 0.0566. The highest BCUT2D eigenvalue weighted by molar-refractivity contribution is 5.23. The van der Waals surface area contributed by atoms with Gasteiger partial charge in [0.1, 0.15) is 17.3 Å². The molecule has 0 saturated heterocycles. The summed E-state index contributed by atoms with van der Waals surface area (Å²) in [6, 6.07) is 7.89. The van der Waals surface area contributed by atoms with Gasteiger partial charge in [-0.2, -0.15) is 0 Å². The molecule has 0 amide bonds. The van der Waals surface area contributed by atoms with Gasteiger partial charge in [0.05, 0.1) is 5.60 Å². The molecule has 108 valence electrons. The van der Waals surface area contributed by atoms with Crippen LogP contribution in [0.15, 0.2) is 34.7 Å². The Kier molecular flexibility index (Phi) is 4.26. The van der Waals surface area contributed by atoms with Crippen LogP contribution < -0.4 is 5.32 Å². The van der Waals surface area contributed by atoms with Gasteiger partial charge in [-0.1, -0.05) is 12.1 Å². The van der Waals surface area contributed by atoms with E-state index in [0.29, 0.717) is 18.7 Å². The highest BCUT2D eigenvalue weighted by Crippen LogP contribution is 2.20. The van der Waals surface area contributed by atoms with Gasteiger partial charge in [0.15, 0.2) is 0 Å². The van der Waals surface area contributed by atoms with Crippen LogP contribution in [0.5, 0.6) is 0 Å². The molecule has 1 heterocycles. The van der Waals surface area contributed by atoms with Gasteiger partial charge in [-0.15, -0.1) is 0 Å². The van der Waals surface area contributed by atoms with Gasteiger partial charge in [0, 0.05) is 18.7 Å². The normalized spacial score (nSPS) is 14.2. The van der Waals surface area contributed by atoms with E-state index >= 15 is 0 Å². The van der Waals surface area contributed by atoms with E-state index in [1.54, 1.807) is 19.1 Å². The van der Waals surface area contributed by atoms with Crippen LogP contribution in [0.2, 0.25) is 0 Å². The Labute approximate surface area is 118 Å².